The second kappa shape index (κ2) is 3.93. The molecule has 2 rings (SSSR count). The second-order valence-electron chi connectivity index (χ2n) is 3.27. The number of aromatic nitrogens is 3. The van der Waals surface area contributed by atoms with Gasteiger partial charge in [0.05, 0.1) is 29.6 Å². The Kier molecular flexibility index (Phi) is 2.46. The van der Waals surface area contributed by atoms with E-state index in [4.69, 9.17) is 5.26 Å². The fourth-order valence-electron chi connectivity index (χ4n) is 1.25. The zero-order valence-electron chi connectivity index (χ0n) is 8.33. The minimum absolute atomic E-state index is 0.220. The highest BCUT2D eigenvalue weighted by Crippen LogP contribution is 2.12. The maximum absolute atomic E-state index is 8.74. The Morgan fingerprint density at radius 3 is 2.73 bits per heavy atom. The summed E-state index contributed by atoms with van der Waals surface area (Å²) in [4.78, 5) is 0. The molecule has 0 aliphatic carbocycles. The Morgan fingerprint density at radius 2 is 2.07 bits per heavy atom. The van der Waals surface area contributed by atoms with Crippen LogP contribution in [0.15, 0.2) is 36.5 Å². The summed E-state index contributed by atoms with van der Waals surface area (Å²) in [5.41, 5.74) is 1.64. The number of nitrogens with zero attached hydrogens (tertiary/aromatic N) is 4. The van der Waals surface area contributed by atoms with E-state index < -0.39 is 0 Å². The van der Waals surface area contributed by atoms with Crippen molar-refractivity contribution in [2.75, 3.05) is 0 Å². The molecule has 1 heterocycles. The van der Waals surface area contributed by atoms with Gasteiger partial charge in [-0.2, -0.15) is 5.26 Å². The first-order valence-electron chi connectivity index (χ1n) is 4.68. The molecule has 0 fully saturated rings. The van der Waals surface area contributed by atoms with E-state index in [0.717, 1.165) is 5.69 Å². The smallest absolute Gasteiger partial charge is 0.1000 e. The fourth-order valence-corrected chi connectivity index (χ4v) is 1.25. The van der Waals surface area contributed by atoms with Gasteiger partial charge < -0.3 is 0 Å². The molecule has 0 aliphatic rings. The zero-order valence-corrected chi connectivity index (χ0v) is 8.33. The lowest BCUT2D eigenvalue weighted by Gasteiger charge is -1.97. The van der Waals surface area contributed by atoms with Gasteiger partial charge in [-0.1, -0.05) is 23.4 Å². The molecule has 4 heteroatoms. The number of rotatable bonds is 2. The van der Waals surface area contributed by atoms with Crippen LogP contribution in [-0.2, 0) is 0 Å². The van der Waals surface area contributed by atoms with Gasteiger partial charge in [-0.3, -0.25) is 0 Å². The van der Waals surface area contributed by atoms with E-state index in [1.54, 1.807) is 17.8 Å². The molecule has 0 saturated carbocycles. The lowest BCUT2D eigenvalue weighted by molar-refractivity contribution is 0.793. The van der Waals surface area contributed by atoms with Crippen molar-refractivity contribution < 1.29 is 0 Å². The van der Waals surface area contributed by atoms with E-state index in [1.807, 2.05) is 30.3 Å². The SMILES string of the molecule is CC(C#N)c1cn(-c2ccccc2)nn1. The van der Waals surface area contributed by atoms with Crippen molar-refractivity contribution in [2.24, 2.45) is 0 Å². The van der Waals surface area contributed by atoms with E-state index in [0.29, 0.717) is 5.69 Å². The van der Waals surface area contributed by atoms with Crippen molar-refractivity contribution in [2.45, 2.75) is 12.8 Å². The van der Waals surface area contributed by atoms with Gasteiger partial charge in [0.15, 0.2) is 0 Å². The van der Waals surface area contributed by atoms with Crippen molar-refractivity contribution in [3.05, 3.63) is 42.2 Å². The molecule has 15 heavy (non-hydrogen) atoms. The largest absolute Gasteiger partial charge is 0.220 e. The van der Waals surface area contributed by atoms with E-state index in [-0.39, 0.29) is 5.92 Å². The third-order valence-corrected chi connectivity index (χ3v) is 2.17. The second-order valence-corrected chi connectivity index (χ2v) is 3.27. The van der Waals surface area contributed by atoms with Crippen molar-refractivity contribution in [1.29, 1.82) is 5.26 Å². The molecule has 0 spiro atoms. The monoisotopic (exact) mass is 198 g/mol. The van der Waals surface area contributed by atoms with Gasteiger partial charge in [-0.15, -0.1) is 5.10 Å². The average Bonchev–Trinajstić information content (AvgIpc) is 2.78. The predicted octanol–water partition coefficient (Wildman–Crippen LogP) is 1.89. The first-order chi connectivity index (χ1) is 7.31. The number of hydrogen-bond acceptors (Lipinski definition) is 3. The van der Waals surface area contributed by atoms with E-state index in [1.165, 1.54) is 0 Å². The van der Waals surface area contributed by atoms with Gasteiger partial charge in [0.2, 0.25) is 0 Å². The quantitative estimate of drug-likeness (QED) is 0.740. The first kappa shape index (κ1) is 9.41. The topological polar surface area (TPSA) is 54.5 Å². The number of para-hydroxylation sites is 1. The third kappa shape index (κ3) is 1.86. The molecule has 1 atom stereocenters. The molecule has 0 saturated heterocycles. The Balaban J connectivity index is 2.33. The van der Waals surface area contributed by atoms with E-state index in [9.17, 15) is 0 Å². The van der Waals surface area contributed by atoms with Gasteiger partial charge in [0.25, 0.3) is 0 Å². The third-order valence-electron chi connectivity index (χ3n) is 2.17. The van der Waals surface area contributed by atoms with Gasteiger partial charge >= 0.3 is 0 Å². The molecule has 0 N–H and O–H groups in total. The van der Waals surface area contributed by atoms with Crippen molar-refractivity contribution >= 4 is 0 Å². The fraction of sp³-hybridized carbons (Fsp3) is 0.182. The summed E-state index contributed by atoms with van der Waals surface area (Å²) in [7, 11) is 0. The molecule has 0 aliphatic heterocycles. The highest BCUT2D eigenvalue weighted by Gasteiger charge is 2.08. The van der Waals surface area contributed by atoms with Crippen LogP contribution in [0.4, 0.5) is 0 Å². The molecule has 1 aromatic heterocycles. The highest BCUT2D eigenvalue weighted by molar-refractivity contribution is 5.30. The number of nitriles is 1. The summed E-state index contributed by atoms with van der Waals surface area (Å²) in [5.74, 6) is -0.220. The molecular formula is C11H10N4. The summed E-state index contributed by atoms with van der Waals surface area (Å²) in [6.07, 6.45) is 1.78. The molecular weight excluding hydrogens is 188 g/mol. The Morgan fingerprint density at radius 1 is 1.33 bits per heavy atom. The number of hydrogen-bond donors (Lipinski definition) is 0. The van der Waals surface area contributed by atoms with Crippen molar-refractivity contribution in [1.82, 2.24) is 15.0 Å². The van der Waals surface area contributed by atoms with Gasteiger partial charge in [0.1, 0.15) is 0 Å². The average molecular weight is 198 g/mol. The summed E-state index contributed by atoms with van der Waals surface area (Å²) in [6.45, 7) is 1.80. The minimum atomic E-state index is -0.220. The molecule has 0 amide bonds. The van der Waals surface area contributed by atoms with Crippen LogP contribution in [0.3, 0.4) is 0 Å². The molecule has 4 nitrogen and oxygen atoms in total. The molecule has 0 bridgehead atoms. The summed E-state index contributed by atoms with van der Waals surface area (Å²) < 4.78 is 1.67. The molecule has 1 aromatic carbocycles. The lowest BCUT2D eigenvalue weighted by Crippen LogP contribution is -1.93. The van der Waals surface area contributed by atoms with Crippen molar-refractivity contribution in [3.8, 4) is 11.8 Å². The Bertz CT molecular complexity index is 481. The van der Waals surface area contributed by atoms with E-state index >= 15 is 0 Å². The maximum atomic E-state index is 8.74. The van der Waals surface area contributed by atoms with Gasteiger partial charge in [0, 0.05) is 0 Å². The van der Waals surface area contributed by atoms with Crippen LogP contribution in [0.2, 0.25) is 0 Å². The van der Waals surface area contributed by atoms with Crippen LogP contribution in [0.25, 0.3) is 5.69 Å². The van der Waals surface area contributed by atoms with E-state index in [2.05, 4.69) is 16.4 Å². The summed E-state index contributed by atoms with van der Waals surface area (Å²) >= 11 is 0. The lowest BCUT2D eigenvalue weighted by atomic mass is 10.1. The van der Waals surface area contributed by atoms with Crippen LogP contribution in [-0.4, -0.2) is 15.0 Å². The Hall–Kier alpha value is -2.15. The van der Waals surface area contributed by atoms with Crippen LogP contribution in [0.1, 0.15) is 18.5 Å². The van der Waals surface area contributed by atoms with Gasteiger partial charge in [-0.05, 0) is 19.1 Å². The molecule has 1 unspecified atom stereocenters. The molecule has 0 radical (unpaired) electrons. The number of benzene rings is 1. The Labute approximate surface area is 87.8 Å². The predicted molar refractivity (Wildman–Crippen MR) is 55.4 cm³/mol. The zero-order chi connectivity index (χ0) is 10.7. The summed E-state index contributed by atoms with van der Waals surface area (Å²) in [5, 5.41) is 16.7. The minimum Gasteiger partial charge on any atom is -0.220 e. The highest BCUT2D eigenvalue weighted by atomic mass is 15.4. The molecule has 2 aromatic rings. The summed E-state index contributed by atoms with van der Waals surface area (Å²) in [6, 6.07) is 11.8. The maximum Gasteiger partial charge on any atom is 0.1000 e. The van der Waals surface area contributed by atoms with Crippen LogP contribution in [0.5, 0.6) is 0 Å². The normalized spacial score (nSPS) is 12.0. The van der Waals surface area contributed by atoms with Crippen molar-refractivity contribution in [3.63, 3.8) is 0 Å². The van der Waals surface area contributed by atoms with Gasteiger partial charge in [-0.25, -0.2) is 4.68 Å². The van der Waals surface area contributed by atoms with Crippen LogP contribution < -0.4 is 0 Å². The standard InChI is InChI=1S/C11H10N4/c1-9(7-12)11-8-15(14-13-11)10-5-3-2-4-6-10/h2-6,8-9H,1H3. The van der Waals surface area contributed by atoms with Crippen LogP contribution >= 0.6 is 0 Å². The van der Waals surface area contributed by atoms with Crippen LogP contribution in [0, 0.1) is 11.3 Å². The molecule has 74 valence electrons. The first-order valence-corrected chi connectivity index (χ1v) is 4.68.